The van der Waals surface area contributed by atoms with Gasteiger partial charge in [0.15, 0.2) is 5.11 Å². The molecule has 0 aliphatic rings. The molecule has 0 spiro atoms. The van der Waals surface area contributed by atoms with Crippen molar-refractivity contribution in [1.82, 2.24) is 10.6 Å². The van der Waals surface area contributed by atoms with Crippen molar-refractivity contribution in [1.29, 1.82) is 0 Å². The Morgan fingerprint density at radius 3 is 2.28 bits per heavy atom. The number of hydrogen-bond acceptors (Lipinski definition) is 2. The van der Waals surface area contributed by atoms with Crippen molar-refractivity contribution in [3.05, 3.63) is 64.1 Å². The predicted octanol–water partition coefficient (Wildman–Crippen LogP) is 5.88. The zero-order chi connectivity index (χ0) is 21.8. The summed E-state index contributed by atoms with van der Waals surface area (Å²) in [6.07, 6.45) is -5.79. The maximum Gasteiger partial charge on any atom is 0.416 e. The molecule has 4 nitrogen and oxygen atoms in total. The van der Waals surface area contributed by atoms with Crippen LogP contribution in [0.4, 0.5) is 18.9 Å². The van der Waals surface area contributed by atoms with E-state index in [2.05, 4.69) is 31.9 Å². The molecule has 0 aromatic heterocycles. The van der Waals surface area contributed by atoms with Crippen LogP contribution in [-0.2, 0) is 6.18 Å². The number of halogens is 7. The van der Waals surface area contributed by atoms with Crippen molar-refractivity contribution in [3.63, 3.8) is 0 Å². The molecule has 0 bridgehead atoms. The summed E-state index contributed by atoms with van der Waals surface area (Å²) in [4.78, 5) is 12.5. The van der Waals surface area contributed by atoms with Gasteiger partial charge in [-0.05, 0) is 58.5 Å². The van der Waals surface area contributed by atoms with Gasteiger partial charge in [-0.25, -0.2) is 0 Å². The monoisotopic (exact) mass is 547 g/mol. The van der Waals surface area contributed by atoms with Gasteiger partial charge in [0.1, 0.15) is 6.17 Å². The Bertz CT molecular complexity index is 909. The summed E-state index contributed by atoms with van der Waals surface area (Å²) in [5, 5.41) is 7.47. The highest BCUT2D eigenvalue weighted by atomic mass is 79.9. The summed E-state index contributed by atoms with van der Waals surface area (Å²) in [7, 11) is 0. The van der Waals surface area contributed by atoms with Crippen molar-refractivity contribution in [2.24, 2.45) is 0 Å². The van der Waals surface area contributed by atoms with E-state index in [4.69, 9.17) is 47.0 Å². The molecule has 1 amide bonds. The number of benzene rings is 2. The van der Waals surface area contributed by atoms with Gasteiger partial charge >= 0.3 is 6.18 Å². The molecule has 0 aliphatic carbocycles. The Morgan fingerprint density at radius 2 is 1.69 bits per heavy atom. The molecule has 29 heavy (non-hydrogen) atoms. The molecule has 2 rings (SSSR count). The number of carbonyl (C=O) groups is 1. The van der Waals surface area contributed by atoms with Gasteiger partial charge in [-0.3, -0.25) is 4.79 Å². The average Bonchev–Trinajstić information content (AvgIpc) is 2.60. The first-order valence-corrected chi connectivity index (χ1v) is 10.1. The molecule has 0 fully saturated rings. The number of hydrogen-bond donors (Lipinski definition) is 3. The van der Waals surface area contributed by atoms with Crippen LogP contribution in [0, 0.1) is 0 Å². The SMILES string of the molecule is O=C(NC(NC(=S)Nc1cccc(C(F)(F)F)c1)C(Cl)(Cl)Cl)c1ccccc1Br. The highest BCUT2D eigenvalue weighted by Gasteiger charge is 2.35. The van der Waals surface area contributed by atoms with Gasteiger partial charge in [0.25, 0.3) is 5.91 Å². The van der Waals surface area contributed by atoms with E-state index in [0.717, 1.165) is 12.1 Å². The van der Waals surface area contributed by atoms with Gasteiger partial charge < -0.3 is 16.0 Å². The fourth-order valence-electron chi connectivity index (χ4n) is 2.13. The third kappa shape index (κ3) is 7.18. The highest BCUT2D eigenvalue weighted by Crippen LogP contribution is 2.31. The van der Waals surface area contributed by atoms with E-state index >= 15 is 0 Å². The summed E-state index contributed by atoms with van der Waals surface area (Å²) < 4.78 is 37.0. The van der Waals surface area contributed by atoms with Crippen molar-refractivity contribution in [2.45, 2.75) is 16.1 Å². The van der Waals surface area contributed by atoms with Crippen molar-refractivity contribution in [3.8, 4) is 0 Å². The molecule has 1 atom stereocenters. The Morgan fingerprint density at radius 1 is 1.03 bits per heavy atom. The molecule has 3 N–H and O–H groups in total. The average molecular weight is 550 g/mol. The summed E-state index contributed by atoms with van der Waals surface area (Å²) >= 11 is 26.0. The molecule has 2 aromatic rings. The van der Waals surface area contributed by atoms with Crippen LogP contribution in [-0.4, -0.2) is 21.0 Å². The Labute approximate surface area is 193 Å². The molecule has 12 heteroatoms. The minimum absolute atomic E-state index is 0.0672. The first kappa shape index (κ1) is 24.0. The van der Waals surface area contributed by atoms with Gasteiger partial charge in [-0.15, -0.1) is 0 Å². The number of nitrogens with one attached hydrogen (secondary N) is 3. The first-order chi connectivity index (χ1) is 13.4. The molecule has 1 unspecified atom stereocenters. The van der Waals surface area contributed by atoms with Crippen molar-refractivity contribution >= 4 is 79.7 Å². The fraction of sp³-hybridized carbons (Fsp3) is 0.176. The maximum atomic E-state index is 12.8. The lowest BCUT2D eigenvalue weighted by molar-refractivity contribution is -0.137. The summed E-state index contributed by atoms with van der Waals surface area (Å²) in [5.74, 6) is -0.567. The van der Waals surface area contributed by atoms with Gasteiger partial charge in [-0.1, -0.05) is 53.0 Å². The molecule has 0 heterocycles. The fourth-order valence-corrected chi connectivity index (χ4v) is 3.15. The first-order valence-electron chi connectivity index (χ1n) is 7.75. The van der Waals surface area contributed by atoms with Crippen LogP contribution in [0.3, 0.4) is 0 Å². The molecular formula is C17H12BrCl3F3N3OS. The van der Waals surface area contributed by atoms with Crippen LogP contribution < -0.4 is 16.0 Å². The zero-order valence-corrected chi connectivity index (χ0v) is 18.8. The Hall–Kier alpha value is -1.26. The van der Waals surface area contributed by atoms with Gasteiger partial charge in [0.2, 0.25) is 3.79 Å². The van der Waals surface area contributed by atoms with Crippen LogP contribution in [0.1, 0.15) is 15.9 Å². The minimum atomic E-state index is -4.51. The van der Waals surface area contributed by atoms with E-state index in [1.807, 2.05) is 0 Å². The van der Waals surface area contributed by atoms with Crippen molar-refractivity contribution in [2.75, 3.05) is 5.32 Å². The summed E-state index contributed by atoms with van der Waals surface area (Å²) in [5.41, 5.74) is -0.506. The normalized spacial score (nSPS) is 12.8. The minimum Gasteiger partial charge on any atom is -0.339 e. The topological polar surface area (TPSA) is 53.2 Å². The second kappa shape index (κ2) is 9.70. The summed E-state index contributed by atoms with van der Waals surface area (Å²) in [6, 6.07) is 11.0. The third-order valence-corrected chi connectivity index (χ3v) is 5.01. The Balaban J connectivity index is 2.12. The highest BCUT2D eigenvalue weighted by molar-refractivity contribution is 9.10. The lowest BCUT2D eigenvalue weighted by atomic mass is 10.2. The maximum absolute atomic E-state index is 12.8. The number of alkyl halides is 6. The van der Waals surface area contributed by atoms with E-state index < -0.39 is 27.6 Å². The van der Waals surface area contributed by atoms with Gasteiger partial charge in [-0.2, -0.15) is 13.2 Å². The van der Waals surface area contributed by atoms with Gasteiger partial charge in [0, 0.05) is 10.2 Å². The van der Waals surface area contributed by atoms with E-state index in [0.29, 0.717) is 4.47 Å². The van der Waals surface area contributed by atoms with Crippen LogP contribution in [0.25, 0.3) is 0 Å². The lowest BCUT2D eigenvalue weighted by Crippen LogP contribution is -2.56. The van der Waals surface area contributed by atoms with Crippen LogP contribution in [0.5, 0.6) is 0 Å². The van der Waals surface area contributed by atoms with E-state index in [1.54, 1.807) is 24.3 Å². The predicted molar refractivity (Wildman–Crippen MR) is 116 cm³/mol. The molecule has 0 radical (unpaired) electrons. The summed E-state index contributed by atoms with van der Waals surface area (Å²) in [6.45, 7) is 0. The quantitative estimate of drug-likeness (QED) is 0.253. The van der Waals surface area contributed by atoms with Gasteiger partial charge in [0.05, 0.1) is 11.1 Å². The van der Waals surface area contributed by atoms with Crippen LogP contribution in [0.15, 0.2) is 53.0 Å². The number of rotatable bonds is 4. The Kier molecular flexibility index (Phi) is 8.03. The van der Waals surface area contributed by atoms with Crippen LogP contribution >= 0.6 is 63.0 Å². The van der Waals surface area contributed by atoms with E-state index in [-0.39, 0.29) is 16.4 Å². The second-order valence-electron chi connectivity index (χ2n) is 5.60. The number of carbonyl (C=O) groups excluding carboxylic acids is 1. The molecule has 0 aliphatic heterocycles. The van der Waals surface area contributed by atoms with Crippen LogP contribution in [0.2, 0.25) is 0 Å². The number of amides is 1. The standard InChI is InChI=1S/C17H12BrCl3F3N3OS/c18-12-7-2-1-6-11(12)13(28)26-14(16(19,20)21)27-15(29)25-10-5-3-4-9(8-10)17(22,23)24/h1-8,14H,(H,26,28)(H2,25,27,29). The van der Waals surface area contributed by atoms with Crippen molar-refractivity contribution < 1.29 is 18.0 Å². The third-order valence-electron chi connectivity index (χ3n) is 3.44. The molecule has 0 saturated heterocycles. The molecule has 2 aromatic carbocycles. The van der Waals surface area contributed by atoms with E-state index in [9.17, 15) is 18.0 Å². The lowest BCUT2D eigenvalue weighted by Gasteiger charge is -2.28. The molecule has 0 saturated carbocycles. The number of anilines is 1. The van der Waals surface area contributed by atoms with E-state index in [1.165, 1.54) is 12.1 Å². The second-order valence-corrected chi connectivity index (χ2v) is 9.24. The molecular weight excluding hydrogens is 538 g/mol. The smallest absolute Gasteiger partial charge is 0.339 e. The largest absolute Gasteiger partial charge is 0.416 e. The zero-order valence-electron chi connectivity index (χ0n) is 14.2. The molecule has 156 valence electrons. The number of thiocarbonyl (C=S) groups is 1.